The number of hydrogen-bond acceptors (Lipinski definition) is 3. The molecule has 0 saturated carbocycles. The number of hydrazine groups is 1. The SMILES string of the molecule is Cn1cc(C(=O)NNC(=O)N[C@@H]2CCOc3ccccc32)c2ccccc21. The Hall–Kier alpha value is -3.48. The molecular weight excluding hydrogens is 344 g/mol. The van der Waals surface area contributed by atoms with Crippen LogP contribution in [0.5, 0.6) is 5.75 Å². The summed E-state index contributed by atoms with van der Waals surface area (Å²) in [7, 11) is 1.88. The Morgan fingerprint density at radius 3 is 2.74 bits per heavy atom. The molecule has 0 radical (unpaired) electrons. The van der Waals surface area contributed by atoms with E-state index >= 15 is 0 Å². The van der Waals surface area contributed by atoms with Crippen LogP contribution in [0.4, 0.5) is 4.79 Å². The van der Waals surface area contributed by atoms with Gasteiger partial charge in [-0.15, -0.1) is 0 Å². The molecule has 0 fully saturated rings. The van der Waals surface area contributed by atoms with Crippen molar-refractivity contribution in [3.8, 4) is 5.75 Å². The number of aromatic nitrogens is 1. The molecule has 1 aromatic heterocycles. The summed E-state index contributed by atoms with van der Waals surface area (Å²) < 4.78 is 7.47. The Balaban J connectivity index is 1.40. The molecule has 3 aromatic rings. The highest BCUT2D eigenvalue weighted by atomic mass is 16.5. The van der Waals surface area contributed by atoms with Crippen LogP contribution in [-0.4, -0.2) is 23.1 Å². The van der Waals surface area contributed by atoms with Crippen LogP contribution in [0.15, 0.2) is 54.7 Å². The third-order valence-electron chi connectivity index (χ3n) is 4.69. The number of ether oxygens (including phenoxy) is 1. The van der Waals surface area contributed by atoms with Gasteiger partial charge in [0.15, 0.2) is 0 Å². The lowest BCUT2D eigenvalue weighted by molar-refractivity contribution is 0.0937. The highest BCUT2D eigenvalue weighted by molar-refractivity contribution is 6.07. The predicted octanol–water partition coefficient (Wildman–Crippen LogP) is 2.65. The van der Waals surface area contributed by atoms with E-state index in [1.165, 1.54) is 0 Å². The van der Waals surface area contributed by atoms with Crippen LogP contribution < -0.4 is 20.9 Å². The number of hydrogen-bond donors (Lipinski definition) is 3. The number of nitrogens with one attached hydrogen (secondary N) is 3. The summed E-state index contributed by atoms with van der Waals surface area (Å²) in [4.78, 5) is 24.7. The summed E-state index contributed by atoms with van der Waals surface area (Å²) in [5.74, 6) is 0.406. The summed E-state index contributed by atoms with van der Waals surface area (Å²) in [6.07, 6.45) is 2.41. The maximum atomic E-state index is 12.5. The Bertz CT molecular complexity index is 1010. The molecule has 0 bridgehead atoms. The van der Waals surface area contributed by atoms with Crippen molar-refractivity contribution in [3.63, 3.8) is 0 Å². The first kappa shape index (κ1) is 17.0. The van der Waals surface area contributed by atoms with Gasteiger partial charge in [0.05, 0.1) is 18.2 Å². The predicted molar refractivity (Wildman–Crippen MR) is 101 cm³/mol. The lowest BCUT2D eigenvalue weighted by Crippen LogP contribution is -2.48. The topological polar surface area (TPSA) is 84.4 Å². The normalized spacial score (nSPS) is 15.5. The number of para-hydroxylation sites is 2. The zero-order valence-corrected chi connectivity index (χ0v) is 14.9. The Kier molecular flexibility index (Phi) is 4.42. The van der Waals surface area contributed by atoms with Gasteiger partial charge >= 0.3 is 6.03 Å². The number of carbonyl (C=O) groups excluding carboxylic acids is 2. The van der Waals surface area contributed by atoms with Crippen molar-refractivity contribution in [2.45, 2.75) is 12.5 Å². The van der Waals surface area contributed by atoms with Crippen LogP contribution in [0.25, 0.3) is 10.9 Å². The van der Waals surface area contributed by atoms with Gasteiger partial charge in [0.1, 0.15) is 5.75 Å². The monoisotopic (exact) mass is 364 g/mol. The lowest BCUT2D eigenvalue weighted by Gasteiger charge is -2.26. The van der Waals surface area contributed by atoms with Crippen LogP contribution in [0.2, 0.25) is 0 Å². The Labute approximate surface area is 156 Å². The zero-order chi connectivity index (χ0) is 18.8. The quantitative estimate of drug-likeness (QED) is 0.611. The van der Waals surface area contributed by atoms with Crippen molar-refractivity contribution < 1.29 is 14.3 Å². The second-order valence-electron chi connectivity index (χ2n) is 6.45. The van der Waals surface area contributed by atoms with Gasteiger partial charge in [0.2, 0.25) is 0 Å². The average Bonchev–Trinajstić information content (AvgIpc) is 3.04. The van der Waals surface area contributed by atoms with E-state index in [2.05, 4.69) is 16.2 Å². The van der Waals surface area contributed by atoms with Gasteiger partial charge in [-0.05, 0) is 12.1 Å². The van der Waals surface area contributed by atoms with E-state index in [-0.39, 0.29) is 11.9 Å². The number of carbonyl (C=O) groups is 2. The van der Waals surface area contributed by atoms with Crippen molar-refractivity contribution in [3.05, 3.63) is 65.9 Å². The molecule has 0 spiro atoms. The van der Waals surface area contributed by atoms with Gasteiger partial charge in [-0.1, -0.05) is 36.4 Å². The first-order valence-electron chi connectivity index (χ1n) is 8.76. The van der Waals surface area contributed by atoms with E-state index < -0.39 is 6.03 Å². The van der Waals surface area contributed by atoms with Gasteiger partial charge in [-0.3, -0.25) is 10.2 Å². The third-order valence-corrected chi connectivity index (χ3v) is 4.69. The molecule has 2 heterocycles. The van der Waals surface area contributed by atoms with Gasteiger partial charge in [0, 0.05) is 36.1 Å². The molecule has 2 aromatic carbocycles. The second-order valence-corrected chi connectivity index (χ2v) is 6.45. The standard InChI is InChI=1S/C20H20N4O3/c1-24-12-15(13-6-2-4-8-17(13)24)19(25)22-23-20(26)21-16-10-11-27-18-9-5-3-7-14(16)18/h2-9,12,16H,10-11H2,1H3,(H,22,25)(H2,21,23,26)/t16-/m1/s1. The summed E-state index contributed by atoms with van der Waals surface area (Å²) in [5.41, 5.74) is 7.29. The van der Waals surface area contributed by atoms with Gasteiger partial charge in [-0.2, -0.15) is 0 Å². The molecule has 7 heteroatoms. The fourth-order valence-corrected chi connectivity index (χ4v) is 3.39. The molecule has 7 nitrogen and oxygen atoms in total. The van der Waals surface area contributed by atoms with Crippen molar-refractivity contribution >= 4 is 22.8 Å². The minimum absolute atomic E-state index is 0.163. The summed E-state index contributed by atoms with van der Waals surface area (Å²) >= 11 is 0. The van der Waals surface area contributed by atoms with E-state index in [4.69, 9.17) is 4.74 Å². The van der Waals surface area contributed by atoms with Crippen molar-refractivity contribution in [1.29, 1.82) is 0 Å². The molecule has 4 rings (SSSR count). The summed E-state index contributed by atoms with van der Waals surface area (Å²) in [6.45, 7) is 0.532. The molecule has 1 aliphatic rings. The molecule has 1 aliphatic heterocycles. The third kappa shape index (κ3) is 3.31. The van der Waals surface area contributed by atoms with Crippen LogP contribution in [0.1, 0.15) is 28.4 Å². The first-order valence-corrected chi connectivity index (χ1v) is 8.76. The number of urea groups is 1. The Morgan fingerprint density at radius 2 is 1.85 bits per heavy atom. The summed E-state index contributed by atoms with van der Waals surface area (Å²) in [5, 5.41) is 3.71. The lowest BCUT2D eigenvalue weighted by atomic mass is 10.0. The fraction of sp³-hybridized carbons (Fsp3) is 0.200. The minimum Gasteiger partial charge on any atom is -0.493 e. The molecule has 0 unspecified atom stereocenters. The molecular formula is C20H20N4O3. The van der Waals surface area contributed by atoms with Gasteiger partial charge < -0.3 is 14.6 Å². The van der Waals surface area contributed by atoms with Gasteiger partial charge in [0.25, 0.3) is 5.91 Å². The molecule has 3 N–H and O–H groups in total. The number of benzene rings is 2. The van der Waals surface area contributed by atoms with E-state index in [1.807, 2.05) is 60.1 Å². The van der Waals surface area contributed by atoms with Crippen molar-refractivity contribution in [2.75, 3.05) is 6.61 Å². The number of nitrogens with zero attached hydrogens (tertiary/aromatic N) is 1. The molecule has 0 aliphatic carbocycles. The summed E-state index contributed by atoms with van der Waals surface area (Å²) in [6, 6.07) is 14.6. The van der Waals surface area contributed by atoms with Crippen LogP contribution in [0.3, 0.4) is 0 Å². The first-order chi connectivity index (χ1) is 13.1. The molecule has 1 atom stereocenters. The van der Waals surface area contributed by atoms with Crippen molar-refractivity contribution in [2.24, 2.45) is 7.05 Å². The fourth-order valence-electron chi connectivity index (χ4n) is 3.39. The number of fused-ring (bicyclic) bond motifs is 2. The van der Waals surface area contributed by atoms with E-state index in [9.17, 15) is 9.59 Å². The van der Waals surface area contributed by atoms with E-state index in [1.54, 1.807) is 6.20 Å². The maximum Gasteiger partial charge on any atom is 0.333 e. The van der Waals surface area contributed by atoms with Crippen molar-refractivity contribution in [1.82, 2.24) is 20.7 Å². The second kappa shape index (κ2) is 7.03. The molecule has 0 saturated heterocycles. The highest BCUT2D eigenvalue weighted by Crippen LogP contribution is 2.31. The highest BCUT2D eigenvalue weighted by Gasteiger charge is 2.23. The number of amides is 3. The molecule has 138 valence electrons. The van der Waals surface area contributed by atoms with Gasteiger partial charge in [-0.25, -0.2) is 10.2 Å². The van der Waals surface area contributed by atoms with E-state index in [0.717, 1.165) is 22.2 Å². The Morgan fingerprint density at radius 1 is 1.07 bits per heavy atom. The number of aryl methyl sites for hydroxylation is 1. The number of rotatable bonds is 2. The van der Waals surface area contributed by atoms with Crippen LogP contribution in [0, 0.1) is 0 Å². The molecule has 3 amide bonds. The van der Waals surface area contributed by atoms with Crippen LogP contribution >= 0.6 is 0 Å². The van der Waals surface area contributed by atoms with E-state index in [0.29, 0.717) is 18.6 Å². The van der Waals surface area contributed by atoms with Crippen LogP contribution in [-0.2, 0) is 7.05 Å². The smallest absolute Gasteiger partial charge is 0.333 e. The zero-order valence-electron chi connectivity index (χ0n) is 14.9. The maximum absolute atomic E-state index is 12.5. The minimum atomic E-state index is -0.467. The molecule has 27 heavy (non-hydrogen) atoms. The average molecular weight is 364 g/mol. The largest absolute Gasteiger partial charge is 0.493 e.